The number of hydrogen-bond donors (Lipinski definition) is 2. The number of aryl methyl sites for hydroxylation is 1. The van der Waals surface area contributed by atoms with E-state index >= 15 is 0 Å². The maximum Gasteiger partial charge on any atom is 0.268 e. The molecule has 3 rings (SSSR count). The first-order chi connectivity index (χ1) is 9.24. The summed E-state index contributed by atoms with van der Waals surface area (Å²) < 4.78 is 2.62. The van der Waals surface area contributed by atoms with Crippen molar-refractivity contribution in [1.29, 1.82) is 0 Å². The van der Waals surface area contributed by atoms with E-state index in [-0.39, 0.29) is 5.56 Å². The molecule has 0 bridgehead atoms. The summed E-state index contributed by atoms with van der Waals surface area (Å²) in [6.07, 6.45) is 3.66. The number of nitrogens with zero attached hydrogens (tertiary/aromatic N) is 3. The van der Waals surface area contributed by atoms with Crippen LogP contribution in [-0.4, -0.2) is 19.5 Å². The summed E-state index contributed by atoms with van der Waals surface area (Å²) in [7, 11) is 1.95. The third kappa shape index (κ3) is 2.42. The fourth-order valence-corrected chi connectivity index (χ4v) is 2.59. The zero-order valence-electron chi connectivity index (χ0n) is 10.4. The lowest BCUT2D eigenvalue weighted by atomic mass is 10.4. The Morgan fingerprint density at radius 1 is 1.47 bits per heavy atom. The summed E-state index contributed by atoms with van der Waals surface area (Å²) in [5.74, 6) is 1.59. The molecule has 19 heavy (non-hydrogen) atoms. The third-order valence-corrected chi connectivity index (χ3v) is 3.76. The molecule has 0 saturated carbocycles. The second kappa shape index (κ2) is 4.94. The summed E-state index contributed by atoms with van der Waals surface area (Å²) in [5, 5.41) is 5.09. The minimum Gasteiger partial charge on any atom is -0.337 e. The molecule has 0 amide bonds. The van der Waals surface area contributed by atoms with E-state index in [1.165, 1.54) is 11.3 Å². The van der Waals surface area contributed by atoms with Crippen LogP contribution >= 0.6 is 11.3 Å². The van der Waals surface area contributed by atoms with Crippen LogP contribution in [0.3, 0.4) is 0 Å². The van der Waals surface area contributed by atoms with Gasteiger partial charge in [0, 0.05) is 19.4 Å². The molecule has 0 aliphatic rings. The quantitative estimate of drug-likeness (QED) is 0.745. The number of nitrogens with one attached hydrogen (secondary N) is 2. The Kier molecular flexibility index (Phi) is 3.14. The van der Waals surface area contributed by atoms with Gasteiger partial charge < -0.3 is 14.9 Å². The maximum atomic E-state index is 11.8. The van der Waals surface area contributed by atoms with Gasteiger partial charge in [0.05, 0.1) is 18.6 Å². The summed E-state index contributed by atoms with van der Waals surface area (Å²) in [4.78, 5) is 23.2. The molecule has 0 atom stereocenters. The van der Waals surface area contributed by atoms with Crippen LogP contribution in [0.4, 0.5) is 0 Å². The van der Waals surface area contributed by atoms with Crippen LogP contribution in [0.5, 0.6) is 0 Å². The molecule has 0 aromatic carbocycles. The average Bonchev–Trinajstić information content (AvgIpc) is 2.99. The van der Waals surface area contributed by atoms with E-state index in [0.29, 0.717) is 23.6 Å². The molecule has 0 saturated heterocycles. The molecule has 0 spiro atoms. The Balaban J connectivity index is 1.72. The zero-order chi connectivity index (χ0) is 13.2. The van der Waals surface area contributed by atoms with Crippen LogP contribution < -0.4 is 10.9 Å². The SMILES string of the molecule is Cn1ccnc1CNCc1nc2ccsc2c(=O)[nH]1. The van der Waals surface area contributed by atoms with E-state index in [2.05, 4.69) is 20.3 Å². The first kappa shape index (κ1) is 12.1. The van der Waals surface area contributed by atoms with Gasteiger partial charge in [0.2, 0.25) is 0 Å². The van der Waals surface area contributed by atoms with Gasteiger partial charge in [-0.05, 0) is 11.4 Å². The normalized spacial score (nSPS) is 11.2. The van der Waals surface area contributed by atoms with Gasteiger partial charge in [0.15, 0.2) is 0 Å². The number of rotatable bonds is 4. The molecule has 3 heterocycles. The third-order valence-electron chi connectivity index (χ3n) is 2.86. The van der Waals surface area contributed by atoms with Crippen LogP contribution in [0.1, 0.15) is 11.6 Å². The lowest BCUT2D eigenvalue weighted by Crippen LogP contribution is -2.20. The van der Waals surface area contributed by atoms with E-state index in [1.54, 1.807) is 6.20 Å². The number of H-pyrrole nitrogens is 1. The Morgan fingerprint density at radius 3 is 3.16 bits per heavy atom. The van der Waals surface area contributed by atoms with E-state index in [4.69, 9.17) is 0 Å². The van der Waals surface area contributed by atoms with Gasteiger partial charge in [0.25, 0.3) is 5.56 Å². The van der Waals surface area contributed by atoms with Crippen molar-refractivity contribution in [1.82, 2.24) is 24.8 Å². The molecule has 98 valence electrons. The highest BCUT2D eigenvalue weighted by Crippen LogP contribution is 2.13. The first-order valence-corrected chi connectivity index (χ1v) is 6.75. The molecular weight excluding hydrogens is 262 g/mol. The van der Waals surface area contributed by atoms with Crippen molar-refractivity contribution in [3.8, 4) is 0 Å². The monoisotopic (exact) mass is 275 g/mol. The number of aromatic amines is 1. The highest BCUT2D eigenvalue weighted by Gasteiger charge is 2.05. The van der Waals surface area contributed by atoms with Crippen molar-refractivity contribution in [3.63, 3.8) is 0 Å². The summed E-state index contributed by atoms with van der Waals surface area (Å²) in [6.45, 7) is 1.14. The molecule has 0 radical (unpaired) electrons. The van der Waals surface area contributed by atoms with Gasteiger partial charge in [-0.3, -0.25) is 4.79 Å². The van der Waals surface area contributed by atoms with Gasteiger partial charge in [0.1, 0.15) is 16.3 Å². The molecule has 6 nitrogen and oxygen atoms in total. The topological polar surface area (TPSA) is 75.6 Å². The number of imidazole rings is 1. The first-order valence-electron chi connectivity index (χ1n) is 5.87. The second-order valence-electron chi connectivity index (χ2n) is 4.21. The van der Waals surface area contributed by atoms with Crippen molar-refractivity contribution in [3.05, 3.63) is 45.8 Å². The molecule has 0 fully saturated rings. The minimum absolute atomic E-state index is 0.0752. The number of aromatic nitrogens is 4. The Bertz CT molecular complexity index is 757. The van der Waals surface area contributed by atoms with Crippen molar-refractivity contribution in [2.45, 2.75) is 13.1 Å². The fraction of sp³-hybridized carbons (Fsp3) is 0.250. The number of fused-ring (bicyclic) bond motifs is 1. The van der Waals surface area contributed by atoms with Crippen molar-refractivity contribution in [2.24, 2.45) is 7.05 Å². The Morgan fingerprint density at radius 2 is 2.37 bits per heavy atom. The molecule has 0 unspecified atom stereocenters. The molecule has 7 heteroatoms. The largest absolute Gasteiger partial charge is 0.337 e. The molecule has 0 aliphatic carbocycles. The predicted molar refractivity (Wildman–Crippen MR) is 74.0 cm³/mol. The highest BCUT2D eigenvalue weighted by molar-refractivity contribution is 7.17. The lowest BCUT2D eigenvalue weighted by molar-refractivity contribution is 0.620. The summed E-state index contributed by atoms with van der Waals surface area (Å²) >= 11 is 1.41. The van der Waals surface area contributed by atoms with Crippen molar-refractivity contribution < 1.29 is 0 Å². The van der Waals surface area contributed by atoms with Crippen LogP contribution in [-0.2, 0) is 20.1 Å². The maximum absolute atomic E-state index is 11.8. The lowest BCUT2D eigenvalue weighted by Gasteiger charge is -2.04. The fourth-order valence-electron chi connectivity index (χ4n) is 1.86. The van der Waals surface area contributed by atoms with Crippen molar-refractivity contribution in [2.75, 3.05) is 0 Å². The highest BCUT2D eigenvalue weighted by atomic mass is 32.1. The van der Waals surface area contributed by atoms with Crippen LogP contribution in [0.15, 0.2) is 28.6 Å². The minimum atomic E-state index is -0.0752. The van der Waals surface area contributed by atoms with Crippen LogP contribution in [0, 0.1) is 0 Å². The van der Waals surface area contributed by atoms with E-state index in [0.717, 1.165) is 11.3 Å². The van der Waals surface area contributed by atoms with E-state index in [9.17, 15) is 4.79 Å². The summed E-state index contributed by atoms with van der Waals surface area (Å²) in [6, 6.07) is 1.86. The molecule has 2 N–H and O–H groups in total. The molecule has 3 aromatic heterocycles. The van der Waals surface area contributed by atoms with Crippen LogP contribution in [0.2, 0.25) is 0 Å². The van der Waals surface area contributed by atoms with Gasteiger partial charge in [-0.15, -0.1) is 11.3 Å². The number of hydrogen-bond acceptors (Lipinski definition) is 5. The molecule has 3 aromatic rings. The van der Waals surface area contributed by atoms with Crippen molar-refractivity contribution >= 4 is 21.6 Å². The summed E-state index contributed by atoms with van der Waals surface area (Å²) in [5.41, 5.74) is 0.677. The van der Waals surface area contributed by atoms with Gasteiger partial charge in [-0.25, -0.2) is 9.97 Å². The zero-order valence-corrected chi connectivity index (χ0v) is 11.2. The Hall–Kier alpha value is -1.99. The standard InChI is InChI=1S/C12H13N5OS/c1-17-4-3-14-10(17)7-13-6-9-15-8-2-5-19-11(8)12(18)16-9/h2-5,13H,6-7H2,1H3,(H,15,16,18). The van der Waals surface area contributed by atoms with Gasteiger partial charge in [-0.2, -0.15) is 0 Å². The Labute approximate surface area is 113 Å². The average molecular weight is 275 g/mol. The molecule has 0 aliphatic heterocycles. The van der Waals surface area contributed by atoms with Crippen LogP contribution in [0.25, 0.3) is 10.2 Å². The molecular formula is C12H13N5OS. The number of thiophene rings is 1. The van der Waals surface area contributed by atoms with Gasteiger partial charge in [-0.1, -0.05) is 0 Å². The van der Waals surface area contributed by atoms with E-state index < -0.39 is 0 Å². The predicted octanol–water partition coefficient (Wildman–Crippen LogP) is 1.01. The smallest absolute Gasteiger partial charge is 0.268 e. The van der Waals surface area contributed by atoms with Gasteiger partial charge >= 0.3 is 0 Å². The van der Waals surface area contributed by atoms with E-state index in [1.807, 2.05) is 29.3 Å². The second-order valence-corrected chi connectivity index (χ2v) is 5.12.